The molecule has 0 aromatic carbocycles. The number of aliphatic carboxylic acids is 3. The molecule has 0 radical (unpaired) electrons. The van der Waals surface area contributed by atoms with Crippen LogP contribution in [0, 0.1) is 11.3 Å². The molecule has 8 nitrogen and oxygen atoms in total. The van der Waals surface area contributed by atoms with Crippen molar-refractivity contribution in [3.63, 3.8) is 0 Å². The van der Waals surface area contributed by atoms with Crippen LogP contribution in [-0.4, -0.2) is 49.7 Å². The Balaban J connectivity index is 6.52. The summed E-state index contributed by atoms with van der Waals surface area (Å²) in [5.41, 5.74) is -5.95. The number of hydrogen-bond donors (Lipinski definition) is 4. The largest absolute Gasteiger partial charge is 0.481 e. The number of carboxylic acids is 3. The summed E-state index contributed by atoms with van der Waals surface area (Å²) in [6.45, 7) is 4.32. The fourth-order valence-corrected chi connectivity index (χ4v) is 3.05. The zero-order valence-electron chi connectivity index (χ0n) is 14.2. The van der Waals surface area contributed by atoms with Crippen molar-refractivity contribution in [2.75, 3.05) is 0 Å². The van der Waals surface area contributed by atoms with Crippen LogP contribution in [0.25, 0.3) is 0 Å². The van der Waals surface area contributed by atoms with Crippen molar-refractivity contribution in [2.24, 2.45) is 11.3 Å². The van der Waals surface area contributed by atoms with Crippen molar-refractivity contribution in [1.82, 2.24) is 0 Å². The smallest absolute Gasteiger partial charge is 0.338 e. The number of carbonyl (C=O) groups excluding carboxylic acids is 1. The van der Waals surface area contributed by atoms with Crippen molar-refractivity contribution < 1.29 is 39.6 Å². The Morgan fingerprint density at radius 2 is 1.42 bits per heavy atom. The lowest BCUT2D eigenvalue weighted by Crippen LogP contribution is -2.66. The van der Waals surface area contributed by atoms with E-state index in [1.54, 1.807) is 13.8 Å². The summed E-state index contributed by atoms with van der Waals surface area (Å²) in [7, 11) is 0. The zero-order valence-corrected chi connectivity index (χ0v) is 14.2. The second-order valence-corrected chi connectivity index (χ2v) is 5.97. The molecule has 0 saturated carbocycles. The summed E-state index contributed by atoms with van der Waals surface area (Å²) >= 11 is 0. The Morgan fingerprint density at radius 3 is 1.71 bits per heavy atom. The highest BCUT2D eigenvalue weighted by Gasteiger charge is 2.68. The summed E-state index contributed by atoms with van der Waals surface area (Å²) in [5.74, 6) is -8.46. The van der Waals surface area contributed by atoms with Gasteiger partial charge in [-0.2, -0.15) is 0 Å². The van der Waals surface area contributed by atoms with Crippen LogP contribution in [0.4, 0.5) is 0 Å². The first kappa shape index (κ1) is 22.0. The molecular weight excluding hydrogens is 320 g/mol. The van der Waals surface area contributed by atoms with Crippen molar-refractivity contribution in [1.29, 1.82) is 0 Å². The molecule has 0 aliphatic heterocycles. The predicted molar refractivity (Wildman–Crippen MR) is 83.5 cm³/mol. The topological polar surface area (TPSA) is 149 Å². The lowest BCUT2D eigenvalue weighted by molar-refractivity contribution is -0.206. The van der Waals surface area contributed by atoms with Gasteiger partial charge in [0.25, 0.3) is 0 Å². The van der Waals surface area contributed by atoms with E-state index in [1.165, 1.54) is 0 Å². The van der Waals surface area contributed by atoms with Gasteiger partial charge in [0, 0.05) is 0 Å². The number of Topliss-reactive ketones (excluding diaryl/α,β-unsaturated/α-hetero) is 1. The summed E-state index contributed by atoms with van der Waals surface area (Å²) in [6, 6.07) is 0. The van der Waals surface area contributed by atoms with E-state index in [2.05, 4.69) is 0 Å². The molecule has 3 atom stereocenters. The van der Waals surface area contributed by atoms with Gasteiger partial charge in [-0.25, -0.2) is 4.79 Å². The van der Waals surface area contributed by atoms with Gasteiger partial charge in [0.2, 0.25) is 0 Å². The number of carbonyl (C=O) groups is 4. The van der Waals surface area contributed by atoms with Crippen LogP contribution in [-0.2, 0) is 19.2 Å². The van der Waals surface area contributed by atoms with E-state index in [0.29, 0.717) is 12.8 Å². The minimum atomic E-state index is -3.24. The molecule has 24 heavy (non-hydrogen) atoms. The summed E-state index contributed by atoms with van der Waals surface area (Å²) in [5, 5.41) is 39.4. The van der Waals surface area contributed by atoms with Crippen LogP contribution in [0.1, 0.15) is 59.3 Å². The number of unbranched alkanes of at least 4 members (excludes halogenated alkanes) is 2. The van der Waals surface area contributed by atoms with Crippen molar-refractivity contribution >= 4 is 23.7 Å². The van der Waals surface area contributed by atoms with Gasteiger partial charge in [-0.05, 0) is 19.8 Å². The van der Waals surface area contributed by atoms with Crippen molar-refractivity contribution in [3.8, 4) is 0 Å². The number of carboxylic acid groups (broad SMARTS) is 3. The van der Waals surface area contributed by atoms with Crippen LogP contribution >= 0.6 is 0 Å². The first-order chi connectivity index (χ1) is 11.0. The Morgan fingerprint density at radius 1 is 0.917 bits per heavy atom. The van der Waals surface area contributed by atoms with E-state index < -0.39 is 47.0 Å². The Labute approximate surface area is 140 Å². The number of rotatable bonds is 12. The van der Waals surface area contributed by atoms with Crippen molar-refractivity contribution in [3.05, 3.63) is 0 Å². The minimum Gasteiger partial charge on any atom is -0.481 e. The Bertz CT molecular complexity index is 484. The van der Waals surface area contributed by atoms with Crippen LogP contribution in [0.5, 0.6) is 0 Å². The van der Waals surface area contributed by atoms with E-state index in [0.717, 1.165) is 6.92 Å². The maximum atomic E-state index is 12.2. The molecule has 3 unspecified atom stereocenters. The summed E-state index contributed by atoms with van der Waals surface area (Å²) < 4.78 is 0. The van der Waals surface area contributed by atoms with Crippen LogP contribution in [0.3, 0.4) is 0 Å². The standard InChI is InChI=1S/C16H26O8/c1-4-6-8-11(12(18)19)16(24,14(22)23)15(10(3)17,13(20)21)9-7-5-2/h11,24H,4-9H2,1-3H3,(H,18,19)(H,20,21)(H,22,23). The molecule has 0 spiro atoms. The van der Waals surface area contributed by atoms with Gasteiger partial charge >= 0.3 is 17.9 Å². The van der Waals surface area contributed by atoms with Gasteiger partial charge in [-0.1, -0.05) is 39.5 Å². The number of hydrogen-bond acceptors (Lipinski definition) is 5. The highest BCUT2D eigenvalue weighted by molar-refractivity contribution is 6.09. The molecule has 0 amide bonds. The third-order valence-electron chi connectivity index (χ3n) is 4.50. The highest BCUT2D eigenvalue weighted by Crippen LogP contribution is 2.45. The second-order valence-electron chi connectivity index (χ2n) is 5.97. The summed E-state index contributed by atoms with van der Waals surface area (Å²) in [4.78, 5) is 47.5. The first-order valence-electron chi connectivity index (χ1n) is 7.96. The molecule has 0 aliphatic rings. The van der Waals surface area contributed by atoms with Gasteiger partial charge in [0.05, 0.1) is 5.92 Å². The van der Waals surface area contributed by atoms with Gasteiger partial charge < -0.3 is 20.4 Å². The maximum absolute atomic E-state index is 12.2. The molecule has 0 bridgehead atoms. The highest BCUT2D eigenvalue weighted by atomic mass is 16.4. The maximum Gasteiger partial charge on any atom is 0.338 e. The van der Waals surface area contributed by atoms with Gasteiger partial charge in [0.15, 0.2) is 16.8 Å². The Hall–Kier alpha value is -1.96. The first-order valence-corrected chi connectivity index (χ1v) is 7.96. The second kappa shape index (κ2) is 8.77. The average molecular weight is 346 g/mol. The molecular formula is C16H26O8. The fourth-order valence-electron chi connectivity index (χ4n) is 3.05. The van der Waals surface area contributed by atoms with Gasteiger partial charge in [-0.3, -0.25) is 14.4 Å². The Kier molecular flexibility index (Phi) is 8.05. The molecule has 0 aliphatic carbocycles. The SMILES string of the molecule is CCCCC(C(=O)O)C(O)(C(=O)O)C(CCCC)(C(C)=O)C(=O)O. The van der Waals surface area contributed by atoms with E-state index in [-0.39, 0.29) is 19.3 Å². The molecule has 8 heteroatoms. The summed E-state index contributed by atoms with van der Waals surface area (Å²) in [6.07, 6.45) is 0.699. The van der Waals surface area contributed by atoms with E-state index in [9.17, 15) is 39.6 Å². The zero-order chi connectivity index (χ0) is 19.1. The molecule has 0 fully saturated rings. The fraction of sp³-hybridized carbons (Fsp3) is 0.750. The van der Waals surface area contributed by atoms with Gasteiger partial charge in [-0.15, -0.1) is 0 Å². The normalized spacial score (nSPS) is 17.3. The molecule has 0 rings (SSSR count). The van der Waals surface area contributed by atoms with Gasteiger partial charge in [0.1, 0.15) is 0 Å². The monoisotopic (exact) mass is 346 g/mol. The predicted octanol–water partition coefficient (Wildman–Crippen LogP) is 1.54. The van der Waals surface area contributed by atoms with Crippen molar-refractivity contribution in [2.45, 2.75) is 64.9 Å². The van der Waals surface area contributed by atoms with E-state index >= 15 is 0 Å². The lowest BCUT2D eigenvalue weighted by atomic mass is 9.60. The van der Waals surface area contributed by atoms with Crippen LogP contribution in [0.2, 0.25) is 0 Å². The molecule has 0 heterocycles. The lowest BCUT2D eigenvalue weighted by Gasteiger charge is -2.42. The molecule has 4 N–H and O–H groups in total. The van der Waals surface area contributed by atoms with Crippen LogP contribution in [0.15, 0.2) is 0 Å². The quantitative estimate of drug-likeness (QED) is 0.389. The molecule has 0 aromatic heterocycles. The molecule has 0 saturated heterocycles. The van der Waals surface area contributed by atoms with Crippen LogP contribution < -0.4 is 0 Å². The minimum absolute atomic E-state index is 0.154. The third-order valence-corrected chi connectivity index (χ3v) is 4.50. The number of aliphatic hydroxyl groups is 1. The number of ketones is 1. The molecule has 138 valence electrons. The third kappa shape index (κ3) is 3.75. The van der Waals surface area contributed by atoms with E-state index in [1.807, 2.05) is 0 Å². The average Bonchev–Trinajstić information content (AvgIpc) is 2.46. The van der Waals surface area contributed by atoms with E-state index in [4.69, 9.17) is 0 Å². The molecule has 0 aromatic rings.